The molecule has 0 spiro atoms. The molecular weight excluding hydrogens is 396 g/mol. The third-order valence-corrected chi connectivity index (χ3v) is 8.44. The zero-order valence-electron chi connectivity index (χ0n) is 18.2. The summed E-state index contributed by atoms with van der Waals surface area (Å²) in [6.45, 7) is 0.805. The summed E-state index contributed by atoms with van der Waals surface area (Å²) in [7, 11) is 0. The number of benzene rings is 2. The molecular formula is C28H28N2O2. The van der Waals surface area contributed by atoms with Gasteiger partial charge in [-0.1, -0.05) is 18.2 Å². The molecule has 4 heteroatoms. The molecule has 2 heterocycles. The van der Waals surface area contributed by atoms with Crippen LogP contribution in [0.1, 0.15) is 44.1 Å². The first-order valence-electron chi connectivity index (χ1n) is 12.0. The summed E-state index contributed by atoms with van der Waals surface area (Å²) in [5.74, 6) is 2.94. The zero-order valence-corrected chi connectivity index (χ0v) is 18.2. The molecule has 0 atom stereocenters. The fourth-order valence-electron chi connectivity index (χ4n) is 7.40. The number of aromatic amines is 1. The molecule has 0 saturated heterocycles. The highest BCUT2D eigenvalue weighted by molar-refractivity contribution is 5.86. The van der Waals surface area contributed by atoms with Gasteiger partial charge in [0.15, 0.2) is 0 Å². The van der Waals surface area contributed by atoms with Crippen molar-refractivity contribution in [2.45, 2.75) is 45.1 Å². The van der Waals surface area contributed by atoms with Gasteiger partial charge in [0.1, 0.15) is 5.75 Å². The second-order valence-electron chi connectivity index (χ2n) is 10.6. The number of H-pyrrole nitrogens is 1. The minimum absolute atomic E-state index is 0.0224. The Kier molecular flexibility index (Phi) is 3.91. The monoisotopic (exact) mass is 424 g/mol. The van der Waals surface area contributed by atoms with E-state index in [1.807, 2.05) is 12.1 Å². The lowest BCUT2D eigenvalue weighted by molar-refractivity contribution is -0.161. The minimum Gasteiger partial charge on any atom is -0.426 e. The topological polar surface area (TPSA) is 47.0 Å². The number of carbonyl (C=O) groups is 1. The summed E-state index contributed by atoms with van der Waals surface area (Å²) in [6.07, 6.45) is 11.4. The number of hydrogen-bond acceptors (Lipinski definition) is 2. The molecule has 8 rings (SSSR count). The second kappa shape index (κ2) is 6.74. The summed E-state index contributed by atoms with van der Waals surface area (Å²) in [5, 5.41) is 2.37. The van der Waals surface area contributed by atoms with Crippen LogP contribution in [0.5, 0.6) is 5.75 Å². The molecule has 4 aromatic rings. The van der Waals surface area contributed by atoms with Gasteiger partial charge in [0, 0.05) is 40.7 Å². The summed E-state index contributed by atoms with van der Waals surface area (Å²) >= 11 is 0. The number of esters is 1. The molecule has 4 aliphatic carbocycles. The first-order valence-corrected chi connectivity index (χ1v) is 12.0. The van der Waals surface area contributed by atoms with Crippen molar-refractivity contribution in [3.8, 4) is 5.75 Å². The average Bonchev–Trinajstić information content (AvgIpc) is 3.37. The first-order chi connectivity index (χ1) is 15.6. The van der Waals surface area contributed by atoms with E-state index < -0.39 is 0 Å². The molecule has 4 fully saturated rings. The lowest BCUT2D eigenvalue weighted by Crippen LogP contribution is -2.51. The Bertz CT molecular complexity index is 1310. The summed E-state index contributed by atoms with van der Waals surface area (Å²) in [4.78, 5) is 16.7. The molecule has 0 aliphatic heterocycles. The van der Waals surface area contributed by atoms with E-state index >= 15 is 0 Å². The molecule has 2 aromatic heterocycles. The SMILES string of the molecule is O=C(Oc1ccc2c(ccn2Cc2c[nH]c3ccccc23)c1)C12CC3CC(CC(C3)C1)C2. The van der Waals surface area contributed by atoms with Crippen molar-refractivity contribution < 1.29 is 9.53 Å². The van der Waals surface area contributed by atoms with Gasteiger partial charge in [-0.05, 0) is 92.2 Å². The highest BCUT2D eigenvalue weighted by atomic mass is 16.5. The molecule has 0 amide bonds. The first kappa shape index (κ1) is 18.6. The standard InChI is InChI=1S/C28H28N2O2/c31-27(28-13-18-9-19(14-28)11-20(10-18)15-28)32-23-5-6-26-21(12-23)7-8-30(26)17-22-16-29-25-4-2-1-3-24(22)25/h1-8,12,16,18-20,29H,9-11,13-15,17H2. The fourth-order valence-corrected chi connectivity index (χ4v) is 7.40. The van der Waals surface area contributed by atoms with Crippen molar-refractivity contribution in [1.29, 1.82) is 0 Å². The molecule has 4 saturated carbocycles. The minimum atomic E-state index is -0.217. The third kappa shape index (κ3) is 2.85. The van der Waals surface area contributed by atoms with Crippen LogP contribution in [0, 0.1) is 23.2 Å². The number of aromatic nitrogens is 2. The van der Waals surface area contributed by atoms with E-state index in [1.54, 1.807) is 0 Å². The van der Waals surface area contributed by atoms with Crippen molar-refractivity contribution in [2.75, 3.05) is 0 Å². The van der Waals surface area contributed by atoms with Crippen molar-refractivity contribution in [3.05, 3.63) is 66.5 Å². The number of nitrogens with zero attached hydrogens (tertiary/aromatic N) is 1. The Labute approximate surface area is 187 Å². The molecule has 32 heavy (non-hydrogen) atoms. The Morgan fingerprint density at radius 1 is 1.00 bits per heavy atom. The van der Waals surface area contributed by atoms with Crippen LogP contribution < -0.4 is 4.74 Å². The number of nitrogens with one attached hydrogen (secondary N) is 1. The van der Waals surface area contributed by atoms with Gasteiger partial charge in [-0.2, -0.15) is 0 Å². The van der Waals surface area contributed by atoms with Crippen LogP contribution in [0.25, 0.3) is 21.8 Å². The number of hydrogen-bond donors (Lipinski definition) is 1. The van der Waals surface area contributed by atoms with Crippen LogP contribution in [0.15, 0.2) is 60.9 Å². The molecule has 4 nitrogen and oxygen atoms in total. The maximum atomic E-state index is 13.3. The van der Waals surface area contributed by atoms with Crippen LogP contribution in [0.3, 0.4) is 0 Å². The van der Waals surface area contributed by atoms with E-state index in [9.17, 15) is 4.79 Å². The van der Waals surface area contributed by atoms with E-state index in [-0.39, 0.29) is 11.4 Å². The van der Waals surface area contributed by atoms with Gasteiger partial charge < -0.3 is 14.3 Å². The molecule has 162 valence electrons. The van der Waals surface area contributed by atoms with Crippen molar-refractivity contribution in [3.63, 3.8) is 0 Å². The Balaban J connectivity index is 1.13. The van der Waals surface area contributed by atoms with Gasteiger partial charge in [0.25, 0.3) is 0 Å². The normalized spacial score (nSPS) is 28.6. The number of para-hydroxylation sites is 1. The van der Waals surface area contributed by atoms with E-state index in [2.05, 4.69) is 58.3 Å². The Morgan fingerprint density at radius 3 is 2.53 bits per heavy atom. The van der Waals surface area contributed by atoms with Gasteiger partial charge in [-0.15, -0.1) is 0 Å². The van der Waals surface area contributed by atoms with Gasteiger partial charge in [0.05, 0.1) is 5.41 Å². The van der Waals surface area contributed by atoms with E-state index in [1.165, 1.54) is 30.2 Å². The molecule has 1 N–H and O–H groups in total. The zero-order chi connectivity index (χ0) is 21.3. The van der Waals surface area contributed by atoms with Crippen LogP contribution >= 0.6 is 0 Å². The van der Waals surface area contributed by atoms with Gasteiger partial charge in [-0.3, -0.25) is 4.79 Å². The number of carbonyl (C=O) groups excluding carboxylic acids is 1. The van der Waals surface area contributed by atoms with Crippen LogP contribution in [0.4, 0.5) is 0 Å². The second-order valence-corrected chi connectivity index (χ2v) is 10.6. The predicted octanol–water partition coefficient (Wildman–Crippen LogP) is 6.29. The summed E-state index contributed by atoms with van der Waals surface area (Å²) < 4.78 is 8.29. The summed E-state index contributed by atoms with van der Waals surface area (Å²) in [6, 6.07) is 16.6. The number of ether oxygens (including phenoxy) is 1. The summed E-state index contributed by atoms with van der Waals surface area (Å²) in [5.41, 5.74) is 3.38. The largest absolute Gasteiger partial charge is 0.426 e. The van der Waals surface area contributed by atoms with Gasteiger partial charge >= 0.3 is 5.97 Å². The van der Waals surface area contributed by atoms with E-state index in [0.717, 1.165) is 60.0 Å². The Hall–Kier alpha value is -3.01. The fraction of sp³-hybridized carbons (Fsp3) is 0.393. The molecule has 4 aliphatic rings. The van der Waals surface area contributed by atoms with Gasteiger partial charge in [-0.25, -0.2) is 0 Å². The smallest absolute Gasteiger partial charge is 0.317 e. The van der Waals surface area contributed by atoms with Crippen LogP contribution in [-0.2, 0) is 11.3 Å². The molecule has 2 aromatic carbocycles. The van der Waals surface area contributed by atoms with E-state index in [4.69, 9.17) is 4.74 Å². The maximum Gasteiger partial charge on any atom is 0.317 e. The van der Waals surface area contributed by atoms with Crippen molar-refractivity contribution >= 4 is 27.8 Å². The lowest BCUT2D eigenvalue weighted by Gasteiger charge is -2.55. The van der Waals surface area contributed by atoms with Gasteiger partial charge in [0.2, 0.25) is 0 Å². The van der Waals surface area contributed by atoms with Crippen LogP contribution in [-0.4, -0.2) is 15.5 Å². The Morgan fingerprint density at radius 2 is 1.75 bits per heavy atom. The van der Waals surface area contributed by atoms with E-state index in [0.29, 0.717) is 5.75 Å². The molecule has 0 unspecified atom stereocenters. The predicted molar refractivity (Wildman–Crippen MR) is 126 cm³/mol. The number of fused-ring (bicyclic) bond motifs is 2. The third-order valence-electron chi connectivity index (χ3n) is 8.44. The quantitative estimate of drug-likeness (QED) is 0.309. The van der Waals surface area contributed by atoms with Crippen LogP contribution in [0.2, 0.25) is 0 Å². The average molecular weight is 425 g/mol. The molecule has 0 radical (unpaired) electrons. The maximum absolute atomic E-state index is 13.3. The highest BCUT2D eigenvalue weighted by Gasteiger charge is 2.55. The lowest BCUT2D eigenvalue weighted by atomic mass is 9.49. The molecule has 4 bridgehead atoms. The number of rotatable bonds is 4. The van der Waals surface area contributed by atoms with Crippen molar-refractivity contribution in [2.24, 2.45) is 23.2 Å². The van der Waals surface area contributed by atoms with Crippen molar-refractivity contribution in [1.82, 2.24) is 9.55 Å². The highest BCUT2D eigenvalue weighted by Crippen LogP contribution is 2.60.